The van der Waals surface area contributed by atoms with Gasteiger partial charge in [-0.3, -0.25) is 25.8 Å². The number of rotatable bonds is 6. The number of nitrogens with one attached hydrogen (secondary N) is 3. The molecule has 8 heteroatoms. The molecular formula is C19H20ClN3O3S. The van der Waals surface area contributed by atoms with E-state index in [1.807, 2.05) is 0 Å². The van der Waals surface area contributed by atoms with Crippen molar-refractivity contribution < 1.29 is 14.3 Å². The quantitative estimate of drug-likeness (QED) is 0.389. The van der Waals surface area contributed by atoms with Crippen LogP contribution in [-0.4, -0.2) is 23.5 Å². The Morgan fingerprint density at radius 2 is 1.56 bits per heavy atom. The number of thiocarbonyl (C=S) groups is 1. The molecule has 0 spiro atoms. The van der Waals surface area contributed by atoms with Crippen LogP contribution in [0.3, 0.4) is 0 Å². The van der Waals surface area contributed by atoms with Crippen molar-refractivity contribution in [2.24, 2.45) is 0 Å². The predicted octanol–water partition coefficient (Wildman–Crippen LogP) is 3.47. The number of hydrogen-bond acceptors (Lipinski definition) is 4. The summed E-state index contributed by atoms with van der Waals surface area (Å²) in [5.74, 6) is -0.0962. The van der Waals surface area contributed by atoms with Crippen LogP contribution in [0.1, 0.15) is 40.5 Å². The van der Waals surface area contributed by atoms with Gasteiger partial charge in [0.1, 0.15) is 5.75 Å². The third-order valence-electron chi connectivity index (χ3n) is 3.51. The van der Waals surface area contributed by atoms with Crippen LogP contribution in [0.15, 0.2) is 48.5 Å². The Hall–Kier alpha value is -2.64. The maximum atomic E-state index is 12.2. The highest BCUT2D eigenvalue weighted by Crippen LogP contribution is 2.12. The van der Waals surface area contributed by atoms with E-state index in [2.05, 4.69) is 23.1 Å². The molecule has 0 saturated heterocycles. The molecule has 2 aromatic rings. The van der Waals surface area contributed by atoms with Gasteiger partial charge in [-0.15, -0.1) is 0 Å². The first-order chi connectivity index (χ1) is 13.0. The maximum Gasteiger partial charge on any atom is 0.269 e. The van der Waals surface area contributed by atoms with Crippen LogP contribution in [0.5, 0.6) is 5.75 Å². The number of unbranched alkanes of at least 4 members (excludes halogenated alkanes) is 1. The van der Waals surface area contributed by atoms with Crippen LogP contribution in [0.4, 0.5) is 0 Å². The summed E-state index contributed by atoms with van der Waals surface area (Å²) in [6, 6.07) is 13.1. The smallest absolute Gasteiger partial charge is 0.269 e. The van der Waals surface area contributed by atoms with Crippen LogP contribution in [0.2, 0.25) is 5.02 Å². The molecule has 0 fully saturated rings. The van der Waals surface area contributed by atoms with E-state index >= 15 is 0 Å². The molecule has 27 heavy (non-hydrogen) atoms. The Morgan fingerprint density at radius 1 is 0.963 bits per heavy atom. The lowest BCUT2D eigenvalue weighted by atomic mass is 10.2. The summed E-state index contributed by atoms with van der Waals surface area (Å²) in [6.45, 7) is 2.73. The Bertz CT molecular complexity index is 795. The van der Waals surface area contributed by atoms with Gasteiger partial charge in [-0.25, -0.2) is 0 Å². The minimum Gasteiger partial charge on any atom is -0.494 e. The van der Waals surface area contributed by atoms with Gasteiger partial charge < -0.3 is 4.74 Å². The Morgan fingerprint density at radius 3 is 2.19 bits per heavy atom. The molecule has 0 radical (unpaired) electrons. The molecule has 0 aromatic heterocycles. The monoisotopic (exact) mass is 405 g/mol. The number of benzene rings is 2. The van der Waals surface area contributed by atoms with Crippen molar-refractivity contribution in [1.82, 2.24) is 16.2 Å². The molecule has 0 aliphatic rings. The number of amides is 2. The Balaban J connectivity index is 1.80. The number of hydrazine groups is 1. The van der Waals surface area contributed by atoms with Crippen molar-refractivity contribution in [3.8, 4) is 5.75 Å². The van der Waals surface area contributed by atoms with Gasteiger partial charge in [0.25, 0.3) is 11.8 Å². The van der Waals surface area contributed by atoms with Gasteiger partial charge in [0.05, 0.1) is 6.61 Å². The molecule has 2 amide bonds. The van der Waals surface area contributed by atoms with Crippen molar-refractivity contribution in [3.05, 3.63) is 64.7 Å². The maximum absolute atomic E-state index is 12.2. The summed E-state index contributed by atoms with van der Waals surface area (Å²) in [6.07, 6.45) is 2.03. The third kappa shape index (κ3) is 6.88. The van der Waals surface area contributed by atoms with Crippen LogP contribution in [0.25, 0.3) is 0 Å². The highest BCUT2D eigenvalue weighted by atomic mass is 35.5. The minimum atomic E-state index is -0.406. The lowest BCUT2D eigenvalue weighted by Crippen LogP contribution is -2.48. The molecule has 6 nitrogen and oxygen atoms in total. The molecule has 142 valence electrons. The summed E-state index contributed by atoms with van der Waals surface area (Å²) in [7, 11) is 0. The summed E-state index contributed by atoms with van der Waals surface area (Å²) >= 11 is 10.8. The number of hydrogen-bond donors (Lipinski definition) is 3. The SMILES string of the molecule is CCCCOc1ccc(C(=O)NC(=S)NNC(=O)c2ccc(Cl)cc2)cc1. The van der Waals surface area contributed by atoms with E-state index in [0.29, 0.717) is 28.5 Å². The van der Waals surface area contributed by atoms with Crippen molar-refractivity contribution >= 4 is 40.7 Å². The van der Waals surface area contributed by atoms with Gasteiger partial charge in [-0.1, -0.05) is 24.9 Å². The van der Waals surface area contributed by atoms with Crippen molar-refractivity contribution in [3.63, 3.8) is 0 Å². The van der Waals surface area contributed by atoms with Crippen molar-refractivity contribution in [1.29, 1.82) is 0 Å². The molecule has 0 aliphatic heterocycles. The molecule has 2 rings (SSSR count). The number of carbonyl (C=O) groups is 2. The first-order valence-corrected chi connectivity index (χ1v) is 9.18. The van der Waals surface area contributed by atoms with Gasteiger partial charge in [0.15, 0.2) is 5.11 Å². The molecule has 0 bridgehead atoms. The lowest BCUT2D eigenvalue weighted by molar-refractivity contribution is 0.0934. The topological polar surface area (TPSA) is 79.5 Å². The molecule has 0 atom stereocenters. The van der Waals surface area contributed by atoms with Gasteiger partial charge in [0.2, 0.25) is 0 Å². The second-order valence-corrected chi connectivity index (χ2v) is 6.44. The average molecular weight is 406 g/mol. The van der Waals surface area contributed by atoms with Crippen molar-refractivity contribution in [2.45, 2.75) is 19.8 Å². The van der Waals surface area contributed by atoms with E-state index in [1.165, 1.54) is 0 Å². The van der Waals surface area contributed by atoms with Crippen LogP contribution in [0, 0.1) is 0 Å². The lowest BCUT2D eigenvalue weighted by Gasteiger charge is -2.11. The first-order valence-electron chi connectivity index (χ1n) is 8.39. The Labute approximate surface area is 168 Å². The van der Waals surface area contributed by atoms with Crippen LogP contribution in [-0.2, 0) is 0 Å². The number of carbonyl (C=O) groups excluding carboxylic acids is 2. The van der Waals surface area contributed by atoms with Gasteiger partial charge in [0, 0.05) is 16.1 Å². The molecule has 3 N–H and O–H groups in total. The summed E-state index contributed by atoms with van der Waals surface area (Å²) < 4.78 is 5.55. The minimum absolute atomic E-state index is 0.0226. The number of ether oxygens (including phenoxy) is 1. The molecule has 0 aliphatic carbocycles. The second kappa shape index (κ2) is 10.5. The summed E-state index contributed by atoms with van der Waals surface area (Å²) in [5, 5.41) is 3.00. The molecule has 0 heterocycles. The fourth-order valence-corrected chi connectivity index (χ4v) is 2.30. The molecule has 0 unspecified atom stereocenters. The highest BCUT2D eigenvalue weighted by molar-refractivity contribution is 7.80. The standard InChI is InChI=1S/C19H20ClN3O3S/c1-2-3-12-26-16-10-6-13(7-11-16)17(24)21-19(27)23-22-18(25)14-4-8-15(20)9-5-14/h4-11H,2-3,12H2,1H3,(H,22,25)(H2,21,23,24,27). The zero-order valence-electron chi connectivity index (χ0n) is 14.8. The largest absolute Gasteiger partial charge is 0.494 e. The second-order valence-electron chi connectivity index (χ2n) is 5.60. The first kappa shape index (κ1) is 20.7. The third-order valence-corrected chi connectivity index (χ3v) is 3.96. The van der Waals surface area contributed by atoms with E-state index in [1.54, 1.807) is 48.5 Å². The zero-order valence-corrected chi connectivity index (χ0v) is 16.3. The van der Waals surface area contributed by atoms with E-state index in [4.69, 9.17) is 28.6 Å². The zero-order chi connectivity index (χ0) is 19.6. The van der Waals surface area contributed by atoms with E-state index in [-0.39, 0.29) is 5.11 Å². The van der Waals surface area contributed by atoms with E-state index < -0.39 is 11.8 Å². The van der Waals surface area contributed by atoms with Crippen LogP contribution >= 0.6 is 23.8 Å². The van der Waals surface area contributed by atoms with Crippen molar-refractivity contribution in [2.75, 3.05) is 6.61 Å². The fourth-order valence-electron chi connectivity index (χ4n) is 2.03. The average Bonchev–Trinajstić information content (AvgIpc) is 2.67. The highest BCUT2D eigenvalue weighted by Gasteiger charge is 2.10. The fraction of sp³-hybridized carbons (Fsp3) is 0.211. The molecular weight excluding hydrogens is 386 g/mol. The molecule has 2 aromatic carbocycles. The van der Waals surface area contributed by atoms with Crippen LogP contribution < -0.4 is 20.9 Å². The number of halogens is 1. The molecule has 0 saturated carbocycles. The summed E-state index contributed by atoms with van der Waals surface area (Å²) in [4.78, 5) is 24.1. The summed E-state index contributed by atoms with van der Waals surface area (Å²) in [5.41, 5.74) is 5.71. The van der Waals surface area contributed by atoms with Gasteiger partial charge in [-0.2, -0.15) is 0 Å². The van der Waals surface area contributed by atoms with Gasteiger partial charge >= 0.3 is 0 Å². The Kier molecular flexibility index (Phi) is 8.03. The van der Waals surface area contributed by atoms with Gasteiger partial charge in [-0.05, 0) is 67.2 Å². The normalized spacial score (nSPS) is 10.0. The van der Waals surface area contributed by atoms with E-state index in [9.17, 15) is 9.59 Å². The predicted molar refractivity (Wildman–Crippen MR) is 109 cm³/mol. The van der Waals surface area contributed by atoms with E-state index in [0.717, 1.165) is 12.8 Å².